The van der Waals surface area contributed by atoms with E-state index in [2.05, 4.69) is 5.32 Å². The molecular formula is C28H29FN2O4. The van der Waals surface area contributed by atoms with E-state index < -0.39 is 0 Å². The second kappa shape index (κ2) is 9.94. The van der Waals surface area contributed by atoms with E-state index in [-0.39, 0.29) is 36.0 Å². The second-order valence-corrected chi connectivity index (χ2v) is 9.21. The largest absolute Gasteiger partial charge is 0.486 e. The Morgan fingerprint density at radius 3 is 2.66 bits per heavy atom. The first-order valence-electron chi connectivity index (χ1n) is 12.2. The van der Waals surface area contributed by atoms with E-state index in [0.29, 0.717) is 36.9 Å². The van der Waals surface area contributed by atoms with Gasteiger partial charge in [0.25, 0.3) is 5.91 Å². The van der Waals surface area contributed by atoms with Crippen molar-refractivity contribution in [1.82, 2.24) is 10.2 Å². The van der Waals surface area contributed by atoms with Crippen LogP contribution in [0, 0.1) is 11.7 Å². The summed E-state index contributed by atoms with van der Waals surface area (Å²) in [7, 11) is 0. The van der Waals surface area contributed by atoms with E-state index in [4.69, 9.17) is 9.15 Å². The number of carbonyl (C=O) groups excluding carboxylic acids is 2. The molecular weight excluding hydrogens is 447 g/mol. The van der Waals surface area contributed by atoms with Gasteiger partial charge in [-0.1, -0.05) is 25.1 Å². The molecule has 1 saturated carbocycles. The Morgan fingerprint density at radius 1 is 1.11 bits per heavy atom. The lowest BCUT2D eigenvalue weighted by molar-refractivity contribution is -0.132. The minimum atomic E-state index is -0.311. The third-order valence-electron chi connectivity index (χ3n) is 6.67. The number of halogens is 1. The maximum absolute atomic E-state index is 13.6. The average Bonchev–Trinajstić information content (AvgIpc) is 3.60. The second-order valence-electron chi connectivity index (χ2n) is 9.21. The molecule has 0 unspecified atom stereocenters. The normalized spacial score (nSPS) is 17.1. The quantitative estimate of drug-likeness (QED) is 0.496. The molecule has 0 spiro atoms. The van der Waals surface area contributed by atoms with Crippen molar-refractivity contribution in [3.63, 3.8) is 0 Å². The monoisotopic (exact) mass is 476 g/mol. The van der Waals surface area contributed by atoms with Crippen LogP contribution in [0.2, 0.25) is 0 Å². The fourth-order valence-electron chi connectivity index (χ4n) is 4.54. The number of hydrogen-bond acceptors (Lipinski definition) is 4. The average molecular weight is 477 g/mol. The summed E-state index contributed by atoms with van der Waals surface area (Å²) in [6.07, 6.45) is 3.49. The molecule has 0 bridgehead atoms. The molecule has 2 amide bonds. The standard InChI is InChI=1S/C28H29FN2O4/c1-2-26(32)31-14-13-19-7-10-22(15-24(19)27(31)20-5-8-21(29)9-6-20)34-17-23-11-12-25(35-23)28(33)30-16-18-3-4-18/h5-12,15,18,27H,2-4,13-14,16-17H2,1H3,(H,30,33)/t27-/m0/s1. The van der Waals surface area contributed by atoms with Gasteiger partial charge in [-0.25, -0.2) is 4.39 Å². The first kappa shape index (κ1) is 23.1. The summed E-state index contributed by atoms with van der Waals surface area (Å²) < 4.78 is 25.3. The van der Waals surface area contributed by atoms with Gasteiger partial charge in [-0.2, -0.15) is 0 Å². The van der Waals surface area contributed by atoms with Gasteiger partial charge in [-0.3, -0.25) is 9.59 Å². The lowest BCUT2D eigenvalue weighted by Gasteiger charge is -2.38. The van der Waals surface area contributed by atoms with E-state index in [1.165, 1.54) is 25.0 Å². The highest BCUT2D eigenvalue weighted by Gasteiger charge is 2.31. The zero-order chi connectivity index (χ0) is 24.4. The number of fused-ring (bicyclic) bond motifs is 1. The van der Waals surface area contributed by atoms with Crippen LogP contribution in [-0.2, 0) is 17.8 Å². The predicted molar refractivity (Wildman–Crippen MR) is 128 cm³/mol. The lowest BCUT2D eigenvalue weighted by Crippen LogP contribution is -2.40. The summed E-state index contributed by atoms with van der Waals surface area (Å²) in [4.78, 5) is 26.8. The van der Waals surface area contributed by atoms with Crippen LogP contribution >= 0.6 is 0 Å². The van der Waals surface area contributed by atoms with Crippen LogP contribution in [0.1, 0.15) is 65.2 Å². The highest BCUT2D eigenvalue weighted by molar-refractivity contribution is 5.91. The first-order chi connectivity index (χ1) is 17.0. The fourth-order valence-corrected chi connectivity index (χ4v) is 4.54. The van der Waals surface area contributed by atoms with Crippen molar-refractivity contribution in [3.05, 3.63) is 88.6 Å². The Bertz CT molecular complexity index is 1220. The van der Waals surface area contributed by atoms with E-state index >= 15 is 0 Å². The number of nitrogens with one attached hydrogen (secondary N) is 1. The van der Waals surface area contributed by atoms with Gasteiger partial charge >= 0.3 is 0 Å². The number of nitrogens with zero attached hydrogens (tertiary/aromatic N) is 1. The number of amides is 2. The lowest BCUT2D eigenvalue weighted by atomic mass is 9.87. The molecule has 182 valence electrons. The van der Waals surface area contributed by atoms with Crippen molar-refractivity contribution >= 4 is 11.8 Å². The number of furan rings is 1. The van der Waals surface area contributed by atoms with Crippen molar-refractivity contribution in [2.45, 2.75) is 45.3 Å². The zero-order valence-electron chi connectivity index (χ0n) is 19.8. The molecule has 1 aliphatic carbocycles. The molecule has 2 aromatic carbocycles. The topological polar surface area (TPSA) is 71.8 Å². The molecule has 35 heavy (non-hydrogen) atoms. The summed E-state index contributed by atoms with van der Waals surface area (Å²) >= 11 is 0. The highest BCUT2D eigenvalue weighted by atomic mass is 19.1. The third-order valence-corrected chi connectivity index (χ3v) is 6.67. The summed E-state index contributed by atoms with van der Waals surface area (Å²) in [6, 6.07) is 15.3. The summed E-state index contributed by atoms with van der Waals surface area (Å²) in [6.45, 7) is 3.32. The van der Waals surface area contributed by atoms with Crippen molar-refractivity contribution in [2.75, 3.05) is 13.1 Å². The smallest absolute Gasteiger partial charge is 0.287 e. The van der Waals surface area contributed by atoms with Gasteiger partial charge in [0, 0.05) is 19.5 Å². The Morgan fingerprint density at radius 2 is 1.91 bits per heavy atom. The van der Waals surface area contributed by atoms with Crippen molar-refractivity contribution in [2.24, 2.45) is 5.92 Å². The van der Waals surface area contributed by atoms with Crippen LogP contribution in [-0.4, -0.2) is 29.8 Å². The molecule has 0 saturated heterocycles. The Hall–Kier alpha value is -3.61. The van der Waals surface area contributed by atoms with E-state index in [1.807, 2.05) is 30.0 Å². The zero-order valence-corrected chi connectivity index (χ0v) is 19.8. The van der Waals surface area contributed by atoms with Crippen LogP contribution in [0.25, 0.3) is 0 Å². The number of benzene rings is 2. The van der Waals surface area contributed by atoms with Crippen LogP contribution in [0.5, 0.6) is 5.75 Å². The van der Waals surface area contributed by atoms with Crippen LogP contribution in [0.4, 0.5) is 4.39 Å². The van der Waals surface area contributed by atoms with Crippen molar-refractivity contribution in [3.8, 4) is 5.75 Å². The Labute approximate surface area is 204 Å². The summed E-state index contributed by atoms with van der Waals surface area (Å²) in [5.74, 6) is 1.60. The molecule has 1 N–H and O–H groups in total. The molecule has 2 aliphatic rings. The van der Waals surface area contributed by atoms with Crippen molar-refractivity contribution in [1.29, 1.82) is 0 Å². The molecule has 1 aliphatic heterocycles. The number of ether oxygens (including phenoxy) is 1. The van der Waals surface area contributed by atoms with Gasteiger partial charge in [-0.15, -0.1) is 0 Å². The molecule has 6 nitrogen and oxygen atoms in total. The Kier molecular flexibility index (Phi) is 6.57. The molecule has 1 fully saturated rings. The van der Waals surface area contributed by atoms with Crippen LogP contribution < -0.4 is 10.1 Å². The van der Waals surface area contributed by atoms with Crippen molar-refractivity contribution < 1.29 is 23.1 Å². The summed E-state index contributed by atoms with van der Waals surface area (Å²) in [5.41, 5.74) is 2.97. The first-order valence-corrected chi connectivity index (χ1v) is 12.2. The molecule has 5 rings (SSSR count). The number of rotatable bonds is 8. The molecule has 3 aromatic rings. The number of hydrogen-bond donors (Lipinski definition) is 1. The van der Waals surface area contributed by atoms with E-state index in [9.17, 15) is 14.0 Å². The highest BCUT2D eigenvalue weighted by Crippen LogP contribution is 2.37. The minimum Gasteiger partial charge on any atom is -0.486 e. The van der Waals surface area contributed by atoms with Gasteiger partial charge in [0.2, 0.25) is 5.91 Å². The van der Waals surface area contributed by atoms with Crippen LogP contribution in [0.15, 0.2) is 59.0 Å². The third kappa shape index (κ3) is 5.24. The van der Waals surface area contributed by atoms with E-state index in [1.54, 1.807) is 24.3 Å². The Balaban J connectivity index is 1.33. The molecule has 7 heteroatoms. The van der Waals surface area contributed by atoms with Gasteiger partial charge in [0.15, 0.2) is 5.76 Å². The van der Waals surface area contributed by atoms with Gasteiger partial charge < -0.3 is 19.4 Å². The predicted octanol–water partition coefficient (Wildman–Crippen LogP) is 5.02. The SMILES string of the molecule is CCC(=O)N1CCc2ccc(OCc3ccc(C(=O)NCC4CC4)o3)cc2[C@@H]1c1ccc(F)cc1. The molecule has 0 radical (unpaired) electrons. The van der Waals surface area contributed by atoms with Gasteiger partial charge in [0.05, 0.1) is 6.04 Å². The number of carbonyl (C=O) groups is 2. The van der Waals surface area contributed by atoms with Gasteiger partial charge in [-0.05, 0) is 78.3 Å². The van der Waals surface area contributed by atoms with Gasteiger partial charge in [0.1, 0.15) is 23.9 Å². The fraction of sp³-hybridized carbons (Fsp3) is 0.357. The molecule has 1 atom stereocenters. The van der Waals surface area contributed by atoms with E-state index in [0.717, 1.165) is 23.1 Å². The molecule has 1 aromatic heterocycles. The molecule has 2 heterocycles. The minimum absolute atomic E-state index is 0.0550. The maximum Gasteiger partial charge on any atom is 0.287 e. The maximum atomic E-state index is 13.6. The van der Waals surface area contributed by atoms with Crippen LogP contribution in [0.3, 0.4) is 0 Å². The summed E-state index contributed by atoms with van der Waals surface area (Å²) in [5, 5.41) is 2.89.